The smallest absolute Gasteiger partial charge is 0.0653 e. The fraction of sp³-hybridized carbons (Fsp3) is 0.474. The van der Waals surface area contributed by atoms with Crippen LogP contribution < -0.4 is 0 Å². The molecule has 1 aliphatic heterocycles. The molecule has 0 bridgehead atoms. The molecule has 3 heteroatoms. The number of hydrogen-bond donors (Lipinski definition) is 1. The molecule has 0 saturated carbocycles. The molecule has 1 fully saturated rings. The van der Waals surface area contributed by atoms with Crippen molar-refractivity contribution in [3.05, 3.63) is 48.2 Å². The van der Waals surface area contributed by atoms with E-state index in [2.05, 4.69) is 66.1 Å². The lowest BCUT2D eigenvalue weighted by atomic mass is 9.72. The molecule has 1 aromatic heterocycles. The van der Waals surface area contributed by atoms with Crippen molar-refractivity contribution in [3.8, 4) is 0 Å². The summed E-state index contributed by atoms with van der Waals surface area (Å²) in [5.41, 5.74) is 4.42. The van der Waals surface area contributed by atoms with Crippen LogP contribution in [0.15, 0.2) is 37.1 Å². The molecule has 2 aromatic rings. The molecule has 0 amide bonds. The van der Waals surface area contributed by atoms with E-state index >= 15 is 0 Å². The Morgan fingerprint density at radius 3 is 3.05 bits per heavy atom. The molecule has 1 unspecified atom stereocenters. The van der Waals surface area contributed by atoms with Crippen molar-refractivity contribution < 1.29 is 0 Å². The molecular formula is C19H24N2S. The summed E-state index contributed by atoms with van der Waals surface area (Å²) in [6.45, 7) is 8.56. The SMILES string of the molecule is C=CCN1CC(C)C[C@@H]2c3cccc4c3c(cn4CS)C[C@H]21. The van der Waals surface area contributed by atoms with Gasteiger partial charge in [0.2, 0.25) is 0 Å². The lowest BCUT2D eigenvalue weighted by Gasteiger charge is -2.46. The normalized spacial score (nSPS) is 27.8. The first-order chi connectivity index (χ1) is 10.7. The van der Waals surface area contributed by atoms with Crippen LogP contribution in [0.4, 0.5) is 0 Å². The molecule has 0 N–H and O–H groups in total. The lowest BCUT2D eigenvalue weighted by Crippen LogP contribution is -2.49. The zero-order valence-electron chi connectivity index (χ0n) is 13.2. The molecule has 4 rings (SSSR count). The third-order valence-corrected chi connectivity index (χ3v) is 5.80. The Bertz CT molecular complexity index is 718. The Morgan fingerprint density at radius 1 is 1.41 bits per heavy atom. The van der Waals surface area contributed by atoms with Gasteiger partial charge in [-0.2, -0.15) is 12.6 Å². The van der Waals surface area contributed by atoms with Crippen molar-refractivity contribution in [2.24, 2.45) is 5.92 Å². The topological polar surface area (TPSA) is 8.17 Å². The van der Waals surface area contributed by atoms with Crippen molar-refractivity contribution in [1.29, 1.82) is 0 Å². The van der Waals surface area contributed by atoms with Gasteiger partial charge in [-0.05, 0) is 36.0 Å². The molecule has 1 aliphatic carbocycles. The molecule has 2 heterocycles. The Morgan fingerprint density at radius 2 is 2.27 bits per heavy atom. The molecular weight excluding hydrogens is 288 g/mol. The van der Waals surface area contributed by atoms with E-state index in [0.29, 0.717) is 12.0 Å². The van der Waals surface area contributed by atoms with Crippen molar-refractivity contribution in [2.45, 2.75) is 37.6 Å². The largest absolute Gasteiger partial charge is 0.338 e. The molecule has 3 atom stereocenters. The van der Waals surface area contributed by atoms with Gasteiger partial charge in [-0.1, -0.05) is 25.1 Å². The van der Waals surface area contributed by atoms with Gasteiger partial charge >= 0.3 is 0 Å². The van der Waals surface area contributed by atoms with Gasteiger partial charge < -0.3 is 4.57 Å². The molecule has 1 saturated heterocycles. The summed E-state index contributed by atoms with van der Waals surface area (Å²) < 4.78 is 2.29. The maximum Gasteiger partial charge on any atom is 0.0653 e. The van der Waals surface area contributed by atoms with Gasteiger partial charge in [0.1, 0.15) is 0 Å². The third kappa shape index (κ3) is 2.06. The number of likely N-dealkylation sites (tertiary alicyclic amines) is 1. The highest BCUT2D eigenvalue weighted by molar-refractivity contribution is 7.79. The van der Waals surface area contributed by atoms with Crippen LogP contribution in [-0.2, 0) is 12.3 Å². The Kier molecular flexibility index (Phi) is 3.58. The molecule has 2 aliphatic rings. The summed E-state index contributed by atoms with van der Waals surface area (Å²) in [4.78, 5) is 2.64. The van der Waals surface area contributed by atoms with E-state index in [4.69, 9.17) is 0 Å². The van der Waals surface area contributed by atoms with Gasteiger partial charge in [-0.3, -0.25) is 4.90 Å². The van der Waals surface area contributed by atoms with Crippen LogP contribution in [0.25, 0.3) is 10.9 Å². The summed E-state index contributed by atoms with van der Waals surface area (Å²) in [6.07, 6.45) is 6.86. The third-order valence-electron chi connectivity index (χ3n) is 5.50. The van der Waals surface area contributed by atoms with Crippen LogP contribution in [0.5, 0.6) is 0 Å². The summed E-state index contributed by atoms with van der Waals surface area (Å²) in [5, 5.41) is 1.51. The summed E-state index contributed by atoms with van der Waals surface area (Å²) in [6, 6.07) is 7.45. The van der Waals surface area contributed by atoms with Crippen LogP contribution in [0, 0.1) is 5.92 Å². The number of piperidine rings is 1. The minimum absolute atomic E-state index is 0.628. The number of hydrogen-bond acceptors (Lipinski definition) is 2. The van der Waals surface area contributed by atoms with Gasteiger partial charge in [0.05, 0.1) is 5.88 Å². The van der Waals surface area contributed by atoms with E-state index in [9.17, 15) is 0 Å². The number of aromatic nitrogens is 1. The highest BCUT2D eigenvalue weighted by Gasteiger charge is 2.39. The fourth-order valence-corrected chi connectivity index (χ4v) is 4.95. The summed E-state index contributed by atoms with van der Waals surface area (Å²) >= 11 is 4.50. The lowest BCUT2D eigenvalue weighted by molar-refractivity contribution is 0.104. The van der Waals surface area contributed by atoms with Crippen molar-refractivity contribution in [2.75, 3.05) is 13.1 Å². The molecule has 1 aromatic carbocycles. The van der Waals surface area contributed by atoms with Crippen LogP contribution in [-0.4, -0.2) is 28.6 Å². The van der Waals surface area contributed by atoms with Gasteiger partial charge in [0.25, 0.3) is 0 Å². The van der Waals surface area contributed by atoms with Crippen molar-refractivity contribution >= 4 is 23.5 Å². The first kappa shape index (κ1) is 14.4. The second-order valence-electron chi connectivity index (χ2n) is 6.97. The predicted octanol–water partition coefficient (Wildman–Crippen LogP) is 4.06. The quantitative estimate of drug-likeness (QED) is 0.663. The first-order valence-corrected chi connectivity index (χ1v) is 8.92. The Hall–Kier alpha value is -1.19. The van der Waals surface area contributed by atoms with Crippen molar-refractivity contribution in [1.82, 2.24) is 9.47 Å². The summed E-state index contributed by atoms with van der Waals surface area (Å²) in [5.74, 6) is 2.17. The average Bonchev–Trinajstić information content (AvgIpc) is 2.88. The van der Waals surface area contributed by atoms with E-state index in [1.165, 1.54) is 35.9 Å². The van der Waals surface area contributed by atoms with Gasteiger partial charge in [-0.15, -0.1) is 6.58 Å². The number of fused-ring (bicyclic) bond motifs is 2. The van der Waals surface area contributed by atoms with Crippen LogP contribution in [0.1, 0.15) is 30.4 Å². The number of rotatable bonds is 3. The molecule has 22 heavy (non-hydrogen) atoms. The molecule has 116 valence electrons. The predicted molar refractivity (Wildman–Crippen MR) is 96.7 cm³/mol. The monoisotopic (exact) mass is 312 g/mol. The van der Waals surface area contributed by atoms with Crippen LogP contribution in [0.2, 0.25) is 0 Å². The van der Waals surface area contributed by atoms with Crippen LogP contribution >= 0.6 is 12.6 Å². The van der Waals surface area contributed by atoms with E-state index < -0.39 is 0 Å². The zero-order valence-corrected chi connectivity index (χ0v) is 14.1. The van der Waals surface area contributed by atoms with E-state index in [1.54, 1.807) is 5.56 Å². The van der Waals surface area contributed by atoms with E-state index in [-0.39, 0.29) is 0 Å². The maximum absolute atomic E-state index is 4.50. The van der Waals surface area contributed by atoms with Crippen molar-refractivity contribution in [3.63, 3.8) is 0 Å². The van der Waals surface area contributed by atoms with Gasteiger partial charge in [0.15, 0.2) is 0 Å². The highest BCUT2D eigenvalue weighted by atomic mass is 32.1. The summed E-state index contributed by atoms with van der Waals surface area (Å²) in [7, 11) is 0. The molecule has 0 radical (unpaired) electrons. The standard InChI is InChI=1S/C19H24N2S/c1-3-7-20-10-13(2)8-16-15-5-4-6-17-19(15)14(9-18(16)20)11-21(17)12-22/h3-6,11,13,16,18,22H,1,7-10,12H2,2H3/t13?,16-,18-/m1/s1. The molecule has 0 spiro atoms. The highest BCUT2D eigenvalue weighted by Crippen LogP contribution is 2.45. The van der Waals surface area contributed by atoms with Gasteiger partial charge in [-0.25, -0.2) is 0 Å². The first-order valence-electron chi connectivity index (χ1n) is 8.29. The molecule has 2 nitrogen and oxygen atoms in total. The second kappa shape index (κ2) is 5.47. The van der Waals surface area contributed by atoms with E-state index in [1.807, 2.05) is 0 Å². The van der Waals surface area contributed by atoms with Crippen LogP contribution in [0.3, 0.4) is 0 Å². The Balaban J connectivity index is 1.86. The minimum Gasteiger partial charge on any atom is -0.338 e. The minimum atomic E-state index is 0.628. The Labute approximate surface area is 138 Å². The number of nitrogens with zero attached hydrogens (tertiary/aromatic N) is 2. The zero-order chi connectivity index (χ0) is 15.3. The number of thiol groups is 1. The average molecular weight is 312 g/mol. The number of benzene rings is 1. The van der Waals surface area contributed by atoms with Gasteiger partial charge in [0, 0.05) is 42.1 Å². The van der Waals surface area contributed by atoms with E-state index in [0.717, 1.165) is 18.3 Å². The second-order valence-corrected chi connectivity index (χ2v) is 7.25. The maximum atomic E-state index is 4.50. The fourth-order valence-electron chi connectivity index (χ4n) is 4.71.